The zero-order chi connectivity index (χ0) is 26.5. The fraction of sp³-hybridized carbons (Fsp3) is 0.800. The van der Waals surface area contributed by atoms with Crippen LogP contribution in [0.2, 0.25) is 0 Å². The van der Waals surface area contributed by atoms with Crippen molar-refractivity contribution in [1.82, 2.24) is 0 Å². The normalized spacial score (nSPS) is 12.3. The van der Waals surface area contributed by atoms with Crippen molar-refractivity contribution in [3.05, 3.63) is 30.3 Å². The van der Waals surface area contributed by atoms with Gasteiger partial charge in [-0.2, -0.15) is 0 Å². The minimum Gasteiger partial charge on any atom is -0.508 e. The summed E-state index contributed by atoms with van der Waals surface area (Å²) in [5.74, 6) is 2.00. The minimum absolute atomic E-state index is 0. The third-order valence-corrected chi connectivity index (χ3v) is 6.16. The molecule has 0 aliphatic heterocycles. The Morgan fingerprint density at radius 1 is 0.543 bits per heavy atom. The van der Waals surface area contributed by atoms with Crippen LogP contribution in [0.1, 0.15) is 119 Å². The molecule has 0 aliphatic rings. The molecule has 0 fully saturated rings. The summed E-state index contributed by atoms with van der Waals surface area (Å²) in [5, 5.41) is 34.9. The molecular weight excluding hydrogens is 472 g/mol. The number of hydrogen-bond acceptors (Lipinski definition) is 4. The zero-order valence-corrected chi connectivity index (χ0v) is 25.6. The van der Waals surface area contributed by atoms with Crippen molar-refractivity contribution in [2.24, 2.45) is 17.8 Å². The first-order valence-corrected chi connectivity index (χ1v) is 14.0. The third-order valence-electron chi connectivity index (χ3n) is 6.16. The van der Waals surface area contributed by atoms with E-state index in [0.29, 0.717) is 43.3 Å². The van der Waals surface area contributed by atoms with Crippen molar-refractivity contribution in [2.75, 3.05) is 19.8 Å². The summed E-state index contributed by atoms with van der Waals surface area (Å²) in [6.45, 7) is 14.1. The summed E-state index contributed by atoms with van der Waals surface area (Å²) in [4.78, 5) is 0. The van der Waals surface area contributed by atoms with Crippen LogP contribution in [0.15, 0.2) is 30.3 Å². The maximum Gasteiger partial charge on any atom is 0.115 e. The molecule has 0 aliphatic carbocycles. The van der Waals surface area contributed by atoms with Crippen molar-refractivity contribution in [2.45, 2.75) is 119 Å². The van der Waals surface area contributed by atoms with Gasteiger partial charge in [-0.15, -0.1) is 0 Å². The van der Waals surface area contributed by atoms with E-state index >= 15 is 0 Å². The van der Waals surface area contributed by atoms with Crippen LogP contribution in [0, 0.1) is 17.8 Å². The van der Waals surface area contributed by atoms with Gasteiger partial charge in [-0.3, -0.25) is 0 Å². The Morgan fingerprint density at radius 2 is 0.829 bits per heavy atom. The molecule has 3 atom stereocenters. The van der Waals surface area contributed by atoms with Crippen molar-refractivity contribution in [1.29, 1.82) is 0 Å². The van der Waals surface area contributed by atoms with Crippen molar-refractivity contribution in [3.63, 3.8) is 0 Å². The van der Waals surface area contributed by atoms with Gasteiger partial charge >= 0.3 is 0 Å². The first-order valence-electron chi connectivity index (χ1n) is 14.0. The fourth-order valence-corrected chi connectivity index (χ4v) is 3.18. The number of phenolic OH excluding ortho intramolecular Hbond substituents is 1. The van der Waals surface area contributed by atoms with E-state index < -0.39 is 0 Å². The number of para-hydroxylation sites is 1. The van der Waals surface area contributed by atoms with Crippen LogP contribution in [0.4, 0.5) is 0 Å². The topological polar surface area (TPSA) is 80.9 Å². The van der Waals surface area contributed by atoms with Gasteiger partial charge in [-0.05, 0) is 49.1 Å². The van der Waals surface area contributed by atoms with Gasteiger partial charge in [0.05, 0.1) is 0 Å². The van der Waals surface area contributed by atoms with Gasteiger partial charge < -0.3 is 20.4 Å². The Balaban J connectivity index is -0.000000182. The van der Waals surface area contributed by atoms with Crippen molar-refractivity contribution >= 4 is 0 Å². The van der Waals surface area contributed by atoms with Gasteiger partial charge in [-0.25, -0.2) is 0 Å². The molecule has 35 heavy (non-hydrogen) atoms. The number of aromatic hydroxyl groups is 1. The molecule has 208 valence electrons. The number of phenols is 1. The predicted octanol–water partition coefficient (Wildman–Crippen LogP) is 7.98. The Labute approximate surface area is 233 Å². The van der Waals surface area contributed by atoms with Gasteiger partial charge in [0.15, 0.2) is 0 Å². The summed E-state index contributed by atoms with van der Waals surface area (Å²) < 4.78 is 0. The quantitative estimate of drug-likeness (QED) is 0.173. The summed E-state index contributed by atoms with van der Waals surface area (Å²) in [6, 6.07) is 8.71. The Bertz CT molecular complexity index is 409. The van der Waals surface area contributed by atoms with Crippen molar-refractivity contribution < 1.29 is 42.1 Å². The first-order chi connectivity index (χ1) is 16.4. The molecular formula is C30H60O4Ti. The SMILES string of the molecule is CCCCC(CC)CO.CCCCC(CC)CO.CCCCC(CC)CO.Oc1ccccc1.[Ti]. The van der Waals surface area contributed by atoms with E-state index in [-0.39, 0.29) is 21.7 Å². The van der Waals surface area contributed by atoms with Crippen LogP contribution in [0.3, 0.4) is 0 Å². The molecule has 0 aromatic heterocycles. The summed E-state index contributed by atoms with van der Waals surface area (Å²) in [6.07, 6.45) is 14.5. The van der Waals surface area contributed by atoms with E-state index in [2.05, 4.69) is 41.5 Å². The largest absolute Gasteiger partial charge is 0.508 e. The zero-order valence-electron chi connectivity index (χ0n) is 24.0. The van der Waals surface area contributed by atoms with E-state index in [4.69, 9.17) is 20.4 Å². The number of hydrogen-bond donors (Lipinski definition) is 4. The van der Waals surface area contributed by atoms with Crippen LogP contribution in [0.5, 0.6) is 5.75 Å². The molecule has 5 heteroatoms. The molecule has 4 nitrogen and oxygen atoms in total. The van der Waals surface area contributed by atoms with Crippen LogP contribution in [0.25, 0.3) is 0 Å². The molecule has 1 aromatic rings. The minimum atomic E-state index is 0. The Kier molecular flexibility index (Phi) is 42.7. The smallest absolute Gasteiger partial charge is 0.115 e. The van der Waals surface area contributed by atoms with Crippen LogP contribution in [-0.4, -0.2) is 40.2 Å². The molecule has 1 aromatic carbocycles. The maximum absolute atomic E-state index is 8.75. The second-order valence-electron chi connectivity index (χ2n) is 9.13. The molecule has 4 N–H and O–H groups in total. The van der Waals surface area contributed by atoms with Gasteiger partial charge in [0, 0.05) is 41.5 Å². The molecule has 0 saturated carbocycles. The maximum atomic E-state index is 8.75. The molecule has 1 rings (SSSR count). The van der Waals surface area contributed by atoms with Crippen LogP contribution in [-0.2, 0) is 21.7 Å². The Hall–Kier alpha value is -0.386. The molecule has 0 radical (unpaired) electrons. The first kappa shape index (κ1) is 41.7. The van der Waals surface area contributed by atoms with Gasteiger partial charge in [0.1, 0.15) is 5.75 Å². The molecule has 0 bridgehead atoms. The number of unbranched alkanes of at least 4 members (excludes halogenated alkanes) is 3. The number of aliphatic hydroxyl groups is 3. The van der Waals surface area contributed by atoms with Gasteiger partial charge in [0.2, 0.25) is 0 Å². The van der Waals surface area contributed by atoms with E-state index in [1.807, 2.05) is 6.07 Å². The molecule has 0 saturated heterocycles. The van der Waals surface area contributed by atoms with Crippen LogP contribution >= 0.6 is 0 Å². The number of aliphatic hydroxyl groups excluding tert-OH is 3. The predicted molar refractivity (Wildman–Crippen MR) is 149 cm³/mol. The number of benzene rings is 1. The standard InChI is InChI=1S/3C8H18O.C6H6O.Ti/c3*1-3-5-6-8(4-2)7-9;7-6-4-2-1-3-5-6;/h3*8-9H,3-7H2,1-2H3;1-5,7H;. The summed E-state index contributed by atoms with van der Waals surface area (Å²) >= 11 is 0. The van der Waals surface area contributed by atoms with Crippen molar-refractivity contribution in [3.8, 4) is 5.75 Å². The third kappa shape index (κ3) is 33.6. The summed E-state index contributed by atoms with van der Waals surface area (Å²) in [7, 11) is 0. The average molecular weight is 533 g/mol. The second-order valence-corrected chi connectivity index (χ2v) is 9.13. The Morgan fingerprint density at radius 3 is 0.971 bits per heavy atom. The average Bonchev–Trinajstić information content (AvgIpc) is 2.88. The molecule has 3 unspecified atom stereocenters. The molecule has 0 spiro atoms. The fourth-order valence-electron chi connectivity index (χ4n) is 3.18. The van der Waals surface area contributed by atoms with Gasteiger partial charge in [-0.1, -0.05) is 118 Å². The van der Waals surface area contributed by atoms with E-state index in [0.717, 1.165) is 19.3 Å². The van der Waals surface area contributed by atoms with E-state index in [1.54, 1.807) is 24.3 Å². The second kappa shape index (κ2) is 35.8. The monoisotopic (exact) mass is 532 g/mol. The molecule has 0 heterocycles. The van der Waals surface area contributed by atoms with E-state index in [1.165, 1.54) is 57.8 Å². The van der Waals surface area contributed by atoms with Crippen LogP contribution < -0.4 is 0 Å². The molecule has 0 amide bonds. The summed E-state index contributed by atoms with van der Waals surface area (Å²) in [5.41, 5.74) is 0. The van der Waals surface area contributed by atoms with Gasteiger partial charge in [0.25, 0.3) is 0 Å². The van der Waals surface area contributed by atoms with E-state index in [9.17, 15) is 0 Å². The number of rotatable bonds is 15.